The van der Waals surface area contributed by atoms with Crippen molar-refractivity contribution in [2.45, 2.75) is 83.2 Å². The Morgan fingerprint density at radius 3 is 2.09 bits per heavy atom. The summed E-state index contributed by atoms with van der Waals surface area (Å²) in [6.07, 6.45) is 10.9. The summed E-state index contributed by atoms with van der Waals surface area (Å²) in [6, 6.07) is 1.81. The van der Waals surface area contributed by atoms with Crippen LogP contribution >= 0.6 is 0 Å². The predicted molar refractivity (Wildman–Crippen MR) is 118 cm³/mol. The monoisotopic (exact) mass is 464 g/mol. The van der Waals surface area contributed by atoms with Crippen molar-refractivity contribution in [3.8, 4) is 23.2 Å². The van der Waals surface area contributed by atoms with Crippen LogP contribution in [0.1, 0.15) is 88.2 Å². The third kappa shape index (κ3) is 7.52. The number of hydrogen-bond acceptors (Lipinski definition) is 2. The Hall–Kier alpha value is -2.49. The molecule has 0 bridgehead atoms. The van der Waals surface area contributed by atoms with E-state index in [1.165, 1.54) is 57.3 Å². The molecule has 0 saturated heterocycles. The van der Waals surface area contributed by atoms with Gasteiger partial charge in [0.2, 0.25) is 0 Å². The zero-order valence-corrected chi connectivity index (χ0v) is 18.8. The maximum Gasteiger partial charge on any atom is 0.458 e. The van der Waals surface area contributed by atoms with E-state index in [9.17, 15) is 22.0 Å². The molecule has 1 heterocycles. The van der Waals surface area contributed by atoms with Crippen molar-refractivity contribution in [3.05, 3.63) is 47.3 Å². The first-order chi connectivity index (χ1) is 15.8. The molecule has 0 spiro atoms. The summed E-state index contributed by atoms with van der Waals surface area (Å²) in [6.45, 7) is 2.22. The molecule has 0 unspecified atom stereocenters. The minimum atomic E-state index is -4.83. The molecular weight excluding hydrogens is 435 g/mol. The highest BCUT2D eigenvalue weighted by Gasteiger charge is 2.24. The molecule has 1 saturated carbocycles. The minimum absolute atomic E-state index is 0.0564. The molecule has 1 aliphatic rings. The second-order valence-electron chi connectivity index (χ2n) is 8.82. The lowest BCUT2D eigenvalue weighted by Crippen LogP contribution is -2.14. The number of halogens is 5. The van der Waals surface area contributed by atoms with E-state index in [1.807, 2.05) is 0 Å². The summed E-state index contributed by atoms with van der Waals surface area (Å²) < 4.78 is 65.0. The highest BCUT2D eigenvalue weighted by molar-refractivity contribution is 5.58. The van der Waals surface area contributed by atoms with Crippen LogP contribution in [0.3, 0.4) is 0 Å². The van der Waals surface area contributed by atoms with E-state index in [2.05, 4.69) is 16.9 Å². The standard InChI is InChI=1S/C26H29F5N2/c1-2-3-4-5-6-7-18-8-10-19(11-9-18)21-16-32-25(33-17-21)20-14-23(27)22(24(28)15-20)12-13-26(29,30)31/h14-19H,2-11H2,1H3. The number of alkyl halides is 3. The summed E-state index contributed by atoms with van der Waals surface area (Å²) in [5.74, 6) is 1.32. The van der Waals surface area contributed by atoms with E-state index in [-0.39, 0.29) is 11.4 Å². The second-order valence-corrected chi connectivity index (χ2v) is 8.82. The van der Waals surface area contributed by atoms with Gasteiger partial charge in [0.05, 0.1) is 5.56 Å². The molecule has 33 heavy (non-hydrogen) atoms. The molecule has 0 aliphatic heterocycles. The van der Waals surface area contributed by atoms with Crippen molar-refractivity contribution in [2.75, 3.05) is 0 Å². The van der Waals surface area contributed by atoms with Crippen molar-refractivity contribution in [1.82, 2.24) is 9.97 Å². The molecule has 0 radical (unpaired) electrons. The first-order valence-electron chi connectivity index (χ1n) is 11.7. The van der Waals surface area contributed by atoms with Crippen LogP contribution in [0, 0.1) is 29.4 Å². The predicted octanol–water partition coefficient (Wildman–Crippen LogP) is 7.97. The van der Waals surface area contributed by atoms with Crippen LogP contribution in [0.25, 0.3) is 11.4 Å². The summed E-state index contributed by atoms with van der Waals surface area (Å²) in [5.41, 5.74) is 0.143. The summed E-state index contributed by atoms with van der Waals surface area (Å²) in [5, 5.41) is 0. The van der Waals surface area contributed by atoms with Gasteiger partial charge in [-0.05, 0) is 55.2 Å². The van der Waals surface area contributed by atoms with E-state index < -0.39 is 23.4 Å². The fourth-order valence-corrected chi connectivity index (χ4v) is 4.47. The number of rotatable bonds is 8. The number of unbranched alkanes of at least 4 members (excludes halogenated alkanes) is 4. The van der Waals surface area contributed by atoms with Gasteiger partial charge in [-0.3, -0.25) is 0 Å². The van der Waals surface area contributed by atoms with Crippen molar-refractivity contribution < 1.29 is 22.0 Å². The van der Waals surface area contributed by atoms with Crippen LogP contribution in [0.4, 0.5) is 22.0 Å². The summed E-state index contributed by atoms with van der Waals surface area (Å²) in [4.78, 5) is 8.52. The van der Waals surface area contributed by atoms with E-state index in [1.54, 1.807) is 12.4 Å². The van der Waals surface area contributed by atoms with Crippen molar-refractivity contribution >= 4 is 0 Å². The van der Waals surface area contributed by atoms with Crippen LogP contribution < -0.4 is 0 Å². The normalized spacial score (nSPS) is 18.6. The molecule has 2 aromatic rings. The van der Waals surface area contributed by atoms with Crippen LogP contribution in [-0.2, 0) is 0 Å². The highest BCUT2D eigenvalue weighted by Crippen LogP contribution is 2.37. The molecular formula is C26H29F5N2. The summed E-state index contributed by atoms with van der Waals surface area (Å²) >= 11 is 0. The Balaban J connectivity index is 1.59. The van der Waals surface area contributed by atoms with E-state index in [0.717, 1.165) is 42.4 Å². The number of hydrogen-bond donors (Lipinski definition) is 0. The Kier molecular flexibility index (Phi) is 8.82. The second kappa shape index (κ2) is 11.6. The molecule has 178 valence electrons. The van der Waals surface area contributed by atoms with Crippen molar-refractivity contribution in [1.29, 1.82) is 0 Å². The van der Waals surface area contributed by atoms with Gasteiger partial charge in [0.1, 0.15) is 11.6 Å². The Bertz CT molecular complexity index is 942. The van der Waals surface area contributed by atoms with Crippen LogP contribution in [-0.4, -0.2) is 16.1 Å². The van der Waals surface area contributed by atoms with Gasteiger partial charge in [0.15, 0.2) is 5.82 Å². The largest absolute Gasteiger partial charge is 0.458 e. The Labute approximate surface area is 192 Å². The van der Waals surface area contributed by atoms with Gasteiger partial charge >= 0.3 is 6.18 Å². The Morgan fingerprint density at radius 2 is 1.52 bits per heavy atom. The molecule has 0 N–H and O–H groups in total. The zero-order valence-electron chi connectivity index (χ0n) is 18.8. The fraction of sp³-hybridized carbons (Fsp3) is 0.538. The van der Waals surface area contributed by atoms with Crippen molar-refractivity contribution in [2.24, 2.45) is 5.92 Å². The van der Waals surface area contributed by atoms with Gasteiger partial charge in [-0.15, -0.1) is 0 Å². The average molecular weight is 465 g/mol. The van der Waals surface area contributed by atoms with Gasteiger partial charge in [-0.25, -0.2) is 18.7 Å². The topological polar surface area (TPSA) is 25.8 Å². The van der Waals surface area contributed by atoms with E-state index in [0.29, 0.717) is 5.92 Å². The molecule has 2 nitrogen and oxygen atoms in total. The molecule has 3 rings (SSSR count). The molecule has 1 aliphatic carbocycles. The van der Waals surface area contributed by atoms with Crippen LogP contribution in [0.2, 0.25) is 0 Å². The molecule has 0 amide bonds. The molecule has 0 atom stereocenters. The van der Waals surface area contributed by atoms with Gasteiger partial charge in [-0.2, -0.15) is 13.2 Å². The Morgan fingerprint density at radius 1 is 0.909 bits per heavy atom. The maximum atomic E-state index is 14.2. The van der Waals surface area contributed by atoms with Gasteiger partial charge in [0.25, 0.3) is 0 Å². The van der Waals surface area contributed by atoms with E-state index in [4.69, 9.17) is 0 Å². The van der Waals surface area contributed by atoms with Crippen LogP contribution in [0.5, 0.6) is 0 Å². The SMILES string of the molecule is CCCCCCCC1CCC(c2cnc(-c3cc(F)c(C#CC(F)(F)F)c(F)c3)nc2)CC1. The van der Waals surface area contributed by atoms with Crippen LogP contribution in [0.15, 0.2) is 24.5 Å². The number of benzene rings is 1. The highest BCUT2D eigenvalue weighted by atomic mass is 19.4. The summed E-state index contributed by atoms with van der Waals surface area (Å²) in [7, 11) is 0. The third-order valence-corrected chi connectivity index (χ3v) is 6.34. The molecule has 1 aromatic heterocycles. The quantitative estimate of drug-likeness (QED) is 0.225. The average Bonchev–Trinajstić information content (AvgIpc) is 2.78. The smallest absolute Gasteiger partial charge is 0.236 e. The number of nitrogens with zero attached hydrogens (tertiary/aromatic N) is 2. The lowest BCUT2D eigenvalue weighted by atomic mass is 9.77. The zero-order chi connectivity index (χ0) is 23.8. The lowest BCUT2D eigenvalue weighted by Gasteiger charge is -2.28. The first-order valence-corrected chi connectivity index (χ1v) is 11.7. The van der Waals surface area contributed by atoms with Crippen molar-refractivity contribution in [3.63, 3.8) is 0 Å². The maximum absolute atomic E-state index is 14.2. The molecule has 1 aromatic carbocycles. The number of aromatic nitrogens is 2. The lowest BCUT2D eigenvalue weighted by molar-refractivity contribution is -0.0696. The first kappa shape index (κ1) is 25.1. The fourth-order valence-electron chi connectivity index (χ4n) is 4.47. The minimum Gasteiger partial charge on any atom is -0.236 e. The molecule has 1 fully saturated rings. The van der Waals surface area contributed by atoms with Gasteiger partial charge < -0.3 is 0 Å². The molecule has 7 heteroatoms. The van der Waals surface area contributed by atoms with Gasteiger partial charge in [0, 0.05) is 23.9 Å². The van der Waals surface area contributed by atoms with E-state index >= 15 is 0 Å². The third-order valence-electron chi connectivity index (χ3n) is 6.34. The van der Waals surface area contributed by atoms with Gasteiger partial charge in [-0.1, -0.05) is 51.4 Å².